The number of ether oxygens (including phenoxy) is 3. The minimum absolute atomic E-state index is 0.0725. The predicted molar refractivity (Wildman–Crippen MR) is 78.6 cm³/mol. The number of carbonyl (C=O) groups excluding carboxylic acids is 3. The number of carbonyl (C=O) groups is 3. The van der Waals surface area contributed by atoms with Gasteiger partial charge in [0.15, 0.2) is 0 Å². The highest BCUT2D eigenvalue weighted by atomic mass is 35.5. The summed E-state index contributed by atoms with van der Waals surface area (Å²) in [6.45, 7) is 1.41. The minimum atomic E-state index is -1.75. The Labute approximate surface area is 137 Å². The smallest absolute Gasteiger partial charge is 0.355 e. The Bertz CT molecular complexity index is 711. The maximum atomic E-state index is 12.4. The van der Waals surface area contributed by atoms with Crippen LogP contribution in [0.25, 0.3) is 0 Å². The van der Waals surface area contributed by atoms with Gasteiger partial charge in [-0.25, -0.2) is 14.4 Å². The third-order valence-corrected chi connectivity index (χ3v) is 4.20. The molecule has 1 aromatic carbocycles. The van der Waals surface area contributed by atoms with E-state index in [0.717, 1.165) is 0 Å². The van der Waals surface area contributed by atoms with E-state index >= 15 is 0 Å². The summed E-state index contributed by atoms with van der Waals surface area (Å²) in [5.74, 6) is -2.13. The molecule has 7 heteroatoms. The molecule has 2 aliphatic heterocycles. The largest absolute Gasteiger partial charge is 0.457 e. The second-order valence-corrected chi connectivity index (χ2v) is 5.52. The van der Waals surface area contributed by atoms with Crippen LogP contribution in [0.4, 0.5) is 0 Å². The van der Waals surface area contributed by atoms with Gasteiger partial charge in [0.25, 0.3) is 0 Å². The zero-order chi connectivity index (χ0) is 16.6. The molecule has 2 heterocycles. The molecule has 0 saturated heterocycles. The number of hydrogen-bond acceptors (Lipinski definition) is 6. The normalized spacial score (nSPS) is 26.4. The predicted octanol–water partition coefficient (Wildman–Crippen LogP) is 1.97. The molecular weight excluding hydrogens is 324 g/mol. The van der Waals surface area contributed by atoms with Crippen molar-refractivity contribution in [1.82, 2.24) is 0 Å². The maximum absolute atomic E-state index is 12.4. The molecule has 0 saturated carbocycles. The second-order valence-electron chi connectivity index (χ2n) is 5.13. The molecule has 0 aromatic heterocycles. The SMILES string of the molecule is CCC1(OC(=O)c2ccccc2)C(=O)OCC2=C1C(Cl)OC2=O. The first-order valence-electron chi connectivity index (χ1n) is 7.04. The average Bonchev–Trinajstić information content (AvgIpc) is 2.85. The van der Waals surface area contributed by atoms with Crippen molar-refractivity contribution in [3.63, 3.8) is 0 Å². The van der Waals surface area contributed by atoms with Gasteiger partial charge in [0.2, 0.25) is 11.2 Å². The first-order chi connectivity index (χ1) is 11.0. The van der Waals surface area contributed by atoms with Crippen molar-refractivity contribution in [3.8, 4) is 0 Å². The van der Waals surface area contributed by atoms with Gasteiger partial charge in [0.05, 0.1) is 16.7 Å². The van der Waals surface area contributed by atoms with E-state index in [4.69, 9.17) is 25.8 Å². The molecule has 2 aliphatic rings. The molecule has 23 heavy (non-hydrogen) atoms. The van der Waals surface area contributed by atoms with Gasteiger partial charge in [-0.15, -0.1) is 0 Å². The lowest BCUT2D eigenvalue weighted by atomic mass is 9.86. The fraction of sp³-hybridized carbons (Fsp3) is 0.312. The Hall–Kier alpha value is -2.34. The fourth-order valence-corrected chi connectivity index (χ4v) is 3.08. The molecule has 0 radical (unpaired) electrons. The van der Waals surface area contributed by atoms with Crippen molar-refractivity contribution >= 4 is 29.5 Å². The Kier molecular flexibility index (Phi) is 3.85. The number of alkyl halides is 1. The zero-order valence-electron chi connectivity index (χ0n) is 12.2. The first-order valence-corrected chi connectivity index (χ1v) is 7.47. The summed E-state index contributed by atoms with van der Waals surface area (Å²) >= 11 is 6.04. The minimum Gasteiger partial charge on any atom is -0.457 e. The van der Waals surface area contributed by atoms with E-state index in [-0.39, 0.29) is 29.7 Å². The van der Waals surface area contributed by atoms with E-state index in [1.165, 1.54) is 0 Å². The number of cyclic esters (lactones) is 2. The van der Waals surface area contributed by atoms with Crippen molar-refractivity contribution in [2.75, 3.05) is 6.61 Å². The molecule has 0 N–H and O–H groups in total. The molecular formula is C16H13ClO6. The van der Waals surface area contributed by atoms with Crippen LogP contribution in [0.3, 0.4) is 0 Å². The van der Waals surface area contributed by atoms with Crippen LogP contribution in [0.1, 0.15) is 23.7 Å². The van der Waals surface area contributed by atoms with Gasteiger partial charge in [-0.2, -0.15) is 0 Å². The van der Waals surface area contributed by atoms with Crippen LogP contribution in [0.2, 0.25) is 0 Å². The molecule has 0 amide bonds. The molecule has 0 fully saturated rings. The first kappa shape index (κ1) is 15.6. The van der Waals surface area contributed by atoms with E-state index in [1.807, 2.05) is 0 Å². The van der Waals surface area contributed by atoms with E-state index in [9.17, 15) is 14.4 Å². The number of halogens is 1. The average molecular weight is 337 g/mol. The Morgan fingerprint density at radius 1 is 1.35 bits per heavy atom. The Morgan fingerprint density at radius 2 is 2.04 bits per heavy atom. The molecule has 0 spiro atoms. The molecule has 120 valence electrons. The van der Waals surface area contributed by atoms with Gasteiger partial charge in [-0.1, -0.05) is 36.7 Å². The molecule has 0 aliphatic carbocycles. The lowest BCUT2D eigenvalue weighted by Gasteiger charge is -2.34. The van der Waals surface area contributed by atoms with Crippen molar-refractivity contribution in [2.24, 2.45) is 0 Å². The maximum Gasteiger partial charge on any atom is 0.355 e. The second kappa shape index (κ2) is 5.70. The van der Waals surface area contributed by atoms with Crippen LogP contribution in [0, 0.1) is 0 Å². The summed E-state index contributed by atoms with van der Waals surface area (Å²) < 4.78 is 15.4. The fourth-order valence-electron chi connectivity index (χ4n) is 2.69. The Balaban J connectivity index is 2.03. The van der Waals surface area contributed by atoms with Crippen LogP contribution in [0.5, 0.6) is 0 Å². The quantitative estimate of drug-likeness (QED) is 0.477. The lowest BCUT2D eigenvalue weighted by Crippen LogP contribution is -2.50. The lowest BCUT2D eigenvalue weighted by molar-refractivity contribution is -0.164. The van der Waals surface area contributed by atoms with Gasteiger partial charge < -0.3 is 14.2 Å². The Morgan fingerprint density at radius 3 is 2.70 bits per heavy atom. The van der Waals surface area contributed by atoms with E-state index in [1.54, 1.807) is 37.3 Å². The topological polar surface area (TPSA) is 78.9 Å². The van der Waals surface area contributed by atoms with E-state index in [2.05, 4.69) is 0 Å². The van der Waals surface area contributed by atoms with Gasteiger partial charge in [-0.3, -0.25) is 0 Å². The van der Waals surface area contributed by atoms with Crippen LogP contribution in [-0.2, 0) is 23.8 Å². The highest BCUT2D eigenvalue weighted by Crippen LogP contribution is 2.42. The molecule has 1 aromatic rings. The van der Waals surface area contributed by atoms with Crippen molar-refractivity contribution in [3.05, 3.63) is 47.0 Å². The molecule has 6 nitrogen and oxygen atoms in total. The van der Waals surface area contributed by atoms with Gasteiger partial charge in [-0.05, 0) is 18.6 Å². The number of benzene rings is 1. The molecule has 2 unspecified atom stereocenters. The molecule has 3 rings (SSSR count). The summed E-state index contributed by atoms with van der Waals surface area (Å²) in [6.07, 6.45) is 0.0725. The molecule has 2 atom stereocenters. The summed E-state index contributed by atoms with van der Waals surface area (Å²) in [4.78, 5) is 36.5. The summed E-state index contributed by atoms with van der Waals surface area (Å²) in [5, 5.41) is 0. The van der Waals surface area contributed by atoms with Crippen LogP contribution >= 0.6 is 11.6 Å². The number of esters is 3. The number of hydrogen-bond donors (Lipinski definition) is 0. The van der Waals surface area contributed by atoms with Gasteiger partial charge in [0, 0.05) is 0 Å². The third kappa shape index (κ3) is 2.39. The number of rotatable bonds is 3. The van der Waals surface area contributed by atoms with Crippen molar-refractivity contribution < 1.29 is 28.6 Å². The third-order valence-electron chi connectivity index (χ3n) is 3.90. The van der Waals surface area contributed by atoms with Gasteiger partial charge in [0.1, 0.15) is 6.61 Å². The summed E-state index contributed by atoms with van der Waals surface area (Å²) in [7, 11) is 0. The van der Waals surface area contributed by atoms with Crippen LogP contribution < -0.4 is 0 Å². The highest BCUT2D eigenvalue weighted by molar-refractivity contribution is 6.25. The van der Waals surface area contributed by atoms with Crippen LogP contribution in [-0.4, -0.2) is 35.7 Å². The standard InChI is InChI=1S/C16H13ClO6/c1-2-16(23-13(18)9-6-4-3-5-7-9)11-10(8-21-15(16)20)14(19)22-12(11)17/h3-7,12H,2,8H2,1H3. The monoisotopic (exact) mass is 336 g/mol. The van der Waals surface area contributed by atoms with E-state index < -0.39 is 29.1 Å². The van der Waals surface area contributed by atoms with Crippen molar-refractivity contribution in [1.29, 1.82) is 0 Å². The zero-order valence-corrected chi connectivity index (χ0v) is 13.0. The highest BCUT2D eigenvalue weighted by Gasteiger charge is 2.57. The van der Waals surface area contributed by atoms with Crippen molar-refractivity contribution in [2.45, 2.75) is 24.5 Å². The van der Waals surface area contributed by atoms with Gasteiger partial charge >= 0.3 is 17.9 Å². The molecule has 0 bridgehead atoms. The summed E-state index contributed by atoms with van der Waals surface area (Å²) in [5.41, 5.74) is -2.34. The summed E-state index contributed by atoms with van der Waals surface area (Å²) in [6, 6.07) is 8.21. The van der Waals surface area contributed by atoms with Crippen LogP contribution in [0.15, 0.2) is 41.5 Å². The van der Waals surface area contributed by atoms with E-state index in [0.29, 0.717) is 0 Å².